The molecule has 14 rings (SSSR count). The molecule has 7 heterocycles. The zero-order chi connectivity index (χ0) is 85.0. The molecule has 2 fully saturated rings. The Morgan fingerprint density at radius 2 is 1.27 bits per heavy atom. The van der Waals surface area contributed by atoms with E-state index >= 15 is 14.4 Å². The topological polar surface area (TPSA) is 534 Å². The number of aliphatic carboxylic acids is 1. The average Bonchev–Trinajstić information content (AvgIpc) is 0.762. The molecule has 0 radical (unpaired) electrons. The molecule has 0 saturated carbocycles. The standard InChI is InChI=1S/C81H90Cl3N11O23/c1-34(2)22-49(87-5)73(105)94-64-66(100)40-13-18-53(47(83)24-40)114-55-26-42-27-56(70(55)118-80-71(69(103)68(102)57(32-85)116-80)117-59-31-81(4,72(104)35(3)113-59)89-21-20-88-33-36-6-8-37(9-7-36)38-10-15-43(82)16-11-38)115-54-19-14-41(25-48(54)84)67(101)65-78(110)93-63(79(111)112)46-28-44(96)29-52(98)60(46)45-23-39(12-17-51(45)97)61(75(107)95-65)92-76(108)62(42)91-74(106)50(30-58(86)99)90-77(64)109/h6-19,23-29,34-35,49-50,57,59,61-69,71-72,80,87-89,96-98,100-104H,20-22,30-33,85H2,1-5H3,(H2,86,99)(H,90,109)(H,91,106)(H,92,108)(H,93,110)(H,94,105)(H,95,107)(H,111,112)/t35-,49+,50-,57+,59-,61+,62+,63-,64+,65-,66+,67+,68+,69-,71+,72+,80-,81-/m0/s1. The predicted octanol–water partition coefficient (Wildman–Crippen LogP) is 3.81. The first kappa shape index (κ1) is 86.8. The number of likely N-dealkylation sites (N-methyl/N-ethyl adjacent to an activating group) is 1. The van der Waals surface area contributed by atoms with Gasteiger partial charge in [-0.05, 0) is 139 Å². The number of carbonyl (C=O) groups excluding carboxylic acids is 7. The number of phenols is 3. The van der Waals surface area contributed by atoms with Gasteiger partial charge in [0.15, 0.2) is 29.9 Å². The molecule has 628 valence electrons. The summed E-state index contributed by atoms with van der Waals surface area (Å²) in [6.07, 6.45) is -17.9. The maximum atomic E-state index is 16.2. The second-order valence-electron chi connectivity index (χ2n) is 30.0. The van der Waals surface area contributed by atoms with Crippen LogP contribution >= 0.6 is 34.8 Å². The Kier molecular flexibility index (Phi) is 27.1. The van der Waals surface area contributed by atoms with Gasteiger partial charge in [-0.25, -0.2) is 4.79 Å². The second-order valence-corrected chi connectivity index (χ2v) is 31.2. The van der Waals surface area contributed by atoms with Gasteiger partial charge < -0.3 is 134 Å². The Bertz CT molecular complexity index is 4960. The summed E-state index contributed by atoms with van der Waals surface area (Å²) in [6.45, 7) is 7.71. The van der Waals surface area contributed by atoms with Crippen LogP contribution in [0.2, 0.25) is 15.1 Å². The zero-order valence-corrected chi connectivity index (χ0v) is 66.3. The number of carbonyl (C=O) groups is 8. The van der Waals surface area contributed by atoms with Crippen LogP contribution < -0.4 is 73.5 Å². The molecule has 7 aliphatic rings. The first-order chi connectivity index (χ1) is 56.1. The van der Waals surface area contributed by atoms with E-state index < -0.39 is 231 Å². The third-order valence-corrected chi connectivity index (χ3v) is 21.9. The zero-order valence-electron chi connectivity index (χ0n) is 64.0. The van der Waals surface area contributed by atoms with E-state index in [0.29, 0.717) is 24.7 Å². The number of nitrogens with two attached hydrogens (primary N) is 2. The number of halogens is 3. The molecule has 37 heteroatoms. The van der Waals surface area contributed by atoms with Crippen molar-refractivity contribution in [2.75, 3.05) is 26.7 Å². The van der Waals surface area contributed by atoms with Crippen molar-refractivity contribution in [2.45, 2.75) is 163 Å². The van der Waals surface area contributed by atoms with Gasteiger partial charge in [0.1, 0.15) is 89.5 Å². The lowest BCUT2D eigenvalue weighted by Crippen LogP contribution is -2.66. The van der Waals surface area contributed by atoms with Crippen molar-refractivity contribution in [3.05, 3.63) is 176 Å². The number of ether oxygens (including phenoxy) is 6. The molecule has 0 aromatic heterocycles. The van der Waals surface area contributed by atoms with Crippen LogP contribution in [0.5, 0.6) is 46.0 Å². The van der Waals surface area contributed by atoms with Gasteiger partial charge in [-0.3, -0.25) is 33.6 Å². The third-order valence-electron chi connectivity index (χ3n) is 21.1. The number of benzene rings is 7. The molecule has 0 spiro atoms. The van der Waals surface area contributed by atoms with E-state index in [4.69, 9.17) is 74.7 Å². The lowest BCUT2D eigenvalue weighted by molar-refractivity contribution is -0.331. The van der Waals surface area contributed by atoms with Gasteiger partial charge >= 0.3 is 5.97 Å². The van der Waals surface area contributed by atoms with Crippen molar-refractivity contribution < 1.29 is 113 Å². The lowest BCUT2D eigenvalue weighted by atomic mass is 9.85. The summed E-state index contributed by atoms with van der Waals surface area (Å²) < 4.78 is 39.7. The molecule has 2 saturated heterocycles. The number of nitrogens with one attached hydrogen (secondary N) is 9. The molecular formula is C81H90Cl3N11O23. The number of carboxylic acid groups (broad SMARTS) is 1. The number of rotatable bonds is 20. The molecule has 18 atom stereocenters. The van der Waals surface area contributed by atoms with Gasteiger partial charge in [0.05, 0.1) is 34.7 Å². The van der Waals surface area contributed by atoms with Crippen LogP contribution in [-0.4, -0.2) is 199 Å². The number of aliphatic hydroxyl groups excluding tert-OH is 5. The lowest BCUT2D eigenvalue weighted by Gasteiger charge is -2.48. The van der Waals surface area contributed by atoms with E-state index in [-0.39, 0.29) is 52.0 Å². The monoisotopic (exact) mass is 1690 g/mol. The molecule has 34 nitrogen and oxygen atoms in total. The summed E-state index contributed by atoms with van der Waals surface area (Å²) in [5, 5.41) is 130. The SMILES string of the molecule is CN[C@H](CC(C)C)C(=O)N[C@H]1C(=O)N[C@@H](CC(N)=O)C(=O)N[C@H]2C(=O)N[C@H]3C(=O)N[C@H](C(=O)N[C@H](C(=O)O)c4cc(O)cc(O)c4-c4cc3ccc4O)[C@H](O)c3ccc(c(Cl)c3)Oc3cc2cc(c3O[C@@H]2O[C@H](CN)[C@@H](O)[C@H](O)[C@H]2O[C@H]2C[C@](C)(NCCNCc3ccc(-c4ccc(Cl)cc4)cc3)[C@H](O)[C@H](C)O2)Oc2ccc(cc2Cl)[C@H]1O. The normalized spacial score (nSPS) is 26.9. The largest absolute Gasteiger partial charge is 0.508 e. The highest BCUT2D eigenvalue weighted by Gasteiger charge is 2.52. The van der Waals surface area contributed by atoms with Crippen molar-refractivity contribution in [3.8, 4) is 68.2 Å². The van der Waals surface area contributed by atoms with Crippen LogP contribution in [0.1, 0.15) is 111 Å². The van der Waals surface area contributed by atoms with Gasteiger partial charge in [0.25, 0.3) is 0 Å². The smallest absolute Gasteiger partial charge is 0.330 e. The number of primary amides is 1. The molecule has 11 bridgehead atoms. The van der Waals surface area contributed by atoms with E-state index in [9.17, 15) is 69.9 Å². The maximum absolute atomic E-state index is 16.2. The van der Waals surface area contributed by atoms with Gasteiger partial charge in [-0.15, -0.1) is 0 Å². The number of phenolic OH excluding ortho intramolecular Hbond substituents is 3. The van der Waals surface area contributed by atoms with E-state index in [1.165, 1.54) is 25.2 Å². The quantitative estimate of drug-likeness (QED) is 0.0482. The molecule has 0 unspecified atom stereocenters. The first-order valence-electron chi connectivity index (χ1n) is 37.7. The van der Waals surface area contributed by atoms with Gasteiger partial charge in [0.2, 0.25) is 53.4 Å². The van der Waals surface area contributed by atoms with Crippen LogP contribution in [0.25, 0.3) is 22.3 Å². The molecule has 0 aliphatic carbocycles. The fourth-order valence-electron chi connectivity index (χ4n) is 14.8. The summed E-state index contributed by atoms with van der Waals surface area (Å²) >= 11 is 20.4. The Labute approximate surface area is 690 Å². The summed E-state index contributed by atoms with van der Waals surface area (Å²) in [7, 11) is 1.48. The van der Waals surface area contributed by atoms with Crippen LogP contribution in [0.4, 0.5) is 0 Å². The highest BCUT2D eigenvalue weighted by molar-refractivity contribution is 6.32. The van der Waals surface area contributed by atoms with Crippen molar-refractivity contribution in [2.24, 2.45) is 17.4 Å². The van der Waals surface area contributed by atoms with Crippen molar-refractivity contribution >= 4 is 82.1 Å². The summed E-state index contributed by atoms with van der Waals surface area (Å²) in [6, 6.07) is 15.1. The van der Waals surface area contributed by atoms with E-state index in [1.807, 2.05) is 62.4 Å². The van der Waals surface area contributed by atoms with Gasteiger partial charge in [0, 0.05) is 65.9 Å². The molecule has 7 amide bonds. The number of fused-ring (bicyclic) bond motifs is 15. The molecular weight excluding hydrogens is 1600 g/mol. The Morgan fingerprint density at radius 1 is 0.661 bits per heavy atom. The number of hydrogen-bond acceptors (Lipinski definition) is 26. The van der Waals surface area contributed by atoms with Crippen molar-refractivity contribution in [1.29, 1.82) is 0 Å². The van der Waals surface area contributed by atoms with Gasteiger partial charge in [-0.1, -0.05) is 103 Å². The molecule has 7 aliphatic heterocycles. The minimum absolute atomic E-state index is 0.102. The first-order valence-corrected chi connectivity index (χ1v) is 38.8. The highest BCUT2D eigenvalue weighted by atomic mass is 35.5. The molecule has 118 heavy (non-hydrogen) atoms. The van der Waals surface area contributed by atoms with Gasteiger partial charge in [-0.2, -0.15) is 0 Å². The second kappa shape index (κ2) is 36.8. The molecule has 22 N–H and O–H groups in total. The van der Waals surface area contributed by atoms with Crippen molar-refractivity contribution in [1.82, 2.24) is 47.9 Å². The van der Waals surface area contributed by atoms with Crippen molar-refractivity contribution in [3.63, 3.8) is 0 Å². The number of hydrogen-bond donors (Lipinski definition) is 20. The Hall–Kier alpha value is -10.5. The fourth-order valence-corrected chi connectivity index (χ4v) is 15.4. The summed E-state index contributed by atoms with van der Waals surface area (Å²) in [5.41, 5.74) is 11.1. The van der Waals surface area contributed by atoms with E-state index in [0.717, 1.165) is 77.4 Å². The Morgan fingerprint density at radius 3 is 1.88 bits per heavy atom. The number of aromatic hydroxyl groups is 3. The van der Waals surface area contributed by atoms with E-state index in [1.54, 1.807) is 13.8 Å². The minimum Gasteiger partial charge on any atom is -0.508 e. The fraction of sp³-hybridized carbons (Fsp3) is 0.383. The summed E-state index contributed by atoms with van der Waals surface area (Å²) in [5.74, 6) is -15.8. The minimum atomic E-state index is -2.35. The predicted molar refractivity (Wildman–Crippen MR) is 424 cm³/mol. The number of aliphatic hydroxyl groups is 5. The summed E-state index contributed by atoms with van der Waals surface area (Å²) in [4.78, 5) is 118. The maximum Gasteiger partial charge on any atom is 0.330 e. The molecule has 7 aromatic rings. The van der Waals surface area contributed by atoms with Crippen LogP contribution in [0.3, 0.4) is 0 Å². The number of carboxylic acids is 1. The van der Waals surface area contributed by atoms with Crippen LogP contribution in [-0.2, 0) is 59.1 Å². The van der Waals surface area contributed by atoms with Crippen LogP contribution in [0, 0.1) is 5.92 Å². The Balaban J connectivity index is 1.00. The van der Waals surface area contributed by atoms with Crippen LogP contribution in [0.15, 0.2) is 127 Å². The highest BCUT2D eigenvalue weighted by Crippen LogP contribution is 2.50. The third kappa shape index (κ3) is 19.3. The molecule has 7 aromatic carbocycles. The average molecular weight is 1690 g/mol. The van der Waals surface area contributed by atoms with E-state index in [2.05, 4.69) is 47.9 Å². The number of amides is 7.